The molecule has 4 nitrogen and oxygen atoms in total. The van der Waals surface area contributed by atoms with E-state index in [0.29, 0.717) is 12.0 Å². The van der Waals surface area contributed by atoms with Crippen LogP contribution in [0.15, 0.2) is 24.3 Å². The van der Waals surface area contributed by atoms with Crippen LogP contribution in [-0.4, -0.2) is 40.7 Å². The van der Waals surface area contributed by atoms with Crippen molar-refractivity contribution in [1.82, 2.24) is 4.90 Å². The average Bonchev–Trinajstić information content (AvgIpc) is 2.68. The fourth-order valence-electron chi connectivity index (χ4n) is 3.71. The predicted molar refractivity (Wildman–Crippen MR) is 104 cm³/mol. The van der Waals surface area contributed by atoms with E-state index in [4.69, 9.17) is 0 Å². The van der Waals surface area contributed by atoms with Crippen molar-refractivity contribution in [2.45, 2.75) is 58.0 Å². The second kappa shape index (κ2) is 9.75. The second-order valence-corrected chi connectivity index (χ2v) is 7.10. The number of aliphatic hydroxyl groups is 1. The van der Waals surface area contributed by atoms with E-state index in [9.17, 15) is 15.0 Å². The molecule has 142 valence electrons. The highest BCUT2D eigenvalue weighted by Crippen LogP contribution is 2.39. The normalized spacial score (nSPS) is 17.4. The van der Waals surface area contributed by atoms with E-state index in [0.717, 1.165) is 57.3 Å². The Bertz CT molecular complexity index is 634. The molecular weight excluding hydrogens is 326 g/mol. The van der Waals surface area contributed by atoms with Gasteiger partial charge in [0.2, 0.25) is 0 Å². The van der Waals surface area contributed by atoms with Crippen molar-refractivity contribution in [1.29, 1.82) is 0 Å². The minimum absolute atomic E-state index is 0.214. The maximum Gasteiger partial charge on any atom is 0.340 e. The van der Waals surface area contributed by atoms with E-state index in [1.807, 2.05) is 12.1 Å². The van der Waals surface area contributed by atoms with E-state index >= 15 is 0 Å². The van der Waals surface area contributed by atoms with Crippen molar-refractivity contribution in [2.24, 2.45) is 5.92 Å². The summed E-state index contributed by atoms with van der Waals surface area (Å²) in [5.41, 5.74) is -0.262. The Morgan fingerprint density at radius 3 is 2.27 bits per heavy atom. The van der Waals surface area contributed by atoms with Crippen LogP contribution in [0.3, 0.4) is 0 Å². The first-order valence-corrected chi connectivity index (χ1v) is 9.75. The maximum absolute atomic E-state index is 11.9. The summed E-state index contributed by atoms with van der Waals surface area (Å²) in [5.74, 6) is 5.00. The zero-order valence-corrected chi connectivity index (χ0v) is 16.0. The summed E-state index contributed by atoms with van der Waals surface area (Å²) in [5, 5.41) is 20.7. The van der Waals surface area contributed by atoms with Gasteiger partial charge in [0.15, 0.2) is 5.60 Å². The van der Waals surface area contributed by atoms with Crippen molar-refractivity contribution in [3.63, 3.8) is 0 Å². The number of nitrogens with zero attached hydrogens (tertiary/aromatic N) is 1. The molecule has 0 amide bonds. The van der Waals surface area contributed by atoms with Crippen LogP contribution in [0.1, 0.15) is 57.1 Å². The van der Waals surface area contributed by atoms with Gasteiger partial charge in [-0.2, -0.15) is 0 Å². The number of carbonyl (C=O) groups is 1. The van der Waals surface area contributed by atoms with E-state index in [2.05, 4.69) is 30.6 Å². The van der Waals surface area contributed by atoms with Gasteiger partial charge in [-0.25, -0.2) is 4.79 Å². The minimum Gasteiger partial charge on any atom is -0.479 e. The Kier molecular flexibility index (Phi) is 7.68. The molecule has 26 heavy (non-hydrogen) atoms. The van der Waals surface area contributed by atoms with Gasteiger partial charge in [0.1, 0.15) is 0 Å². The van der Waals surface area contributed by atoms with Crippen LogP contribution in [0, 0.1) is 17.8 Å². The molecule has 0 aromatic heterocycles. The van der Waals surface area contributed by atoms with Crippen molar-refractivity contribution >= 4 is 5.97 Å². The average molecular weight is 357 g/mol. The number of hydrogen-bond acceptors (Lipinski definition) is 3. The molecule has 1 fully saturated rings. The molecule has 1 aliphatic rings. The summed E-state index contributed by atoms with van der Waals surface area (Å²) in [7, 11) is 0. The minimum atomic E-state index is -1.78. The van der Waals surface area contributed by atoms with Crippen LogP contribution < -0.4 is 0 Å². The van der Waals surface area contributed by atoms with Crippen LogP contribution in [0.25, 0.3) is 0 Å². The quantitative estimate of drug-likeness (QED) is 0.734. The van der Waals surface area contributed by atoms with Gasteiger partial charge in [0.05, 0.1) is 6.54 Å². The first-order chi connectivity index (χ1) is 12.5. The Labute approximate surface area is 157 Å². The molecule has 0 radical (unpaired) electrons. The van der Waals surface area contributed by atoms with Gasteiger partial charge in [-0.05, 0) is 37.1 Å². The highest BCUT2D eigenvalue weighted by molar-refractivity contribution is 5.79. The largest absolute Gasteiger partial charge is 0.479 e. The third-order valence-electron chi connectivity index (χ3n) is 5.53. The molecule has 0 unspecified atom stereocenters. The maximum atomic E-state index is 11.9. The lowest BCUT2D eigenvalue weighted by atomic mass is 9.73. The number of carboxylic acids is 1. The Hall–Kier alpha value is -1.83. The summed E-state index contributed by atoms with van der Waals surface area (Å²) < 4.78 is 0. The van der Waals surface area contributed by atoms with Gasteiger partial charge in [-0.15, -0.1) is 0 Å². The molecule has 0 spiro atoms. The van der Waals surface area contributed by atoms with Gasteiger partial charge < -0.3 is 10.2 Å². The molecule has 2 rings (SSSR count). The number of aliphatic carboxylic acids is 1. The second-order valence-electron chi connectivity index (χ2n) is 7.10. The fraction of sp³-hybridized carbons (Fsp3) is 0.591. The summed E-state index contributed by atoms with van der Waals surface area (Å²) in [6, 6.07) is 7.28. The third-order valence-corrected chi connectivity index (χ3v) is 5.53. The Balaban J connectivity index is 2.07. The standard InChI is InChI=1S/C22H31NO3/c1-3-23(4-2)17-9-8-10-18-13-15-20(16-14-18)22(26,21(24)25)19-11-6-5-7-12-19/h13-16,19,26H,3-7,10-12,17H2,1-2H3,(H,24,25)/t22-/m0/s1. The number of benzene rings is 1. The summed E-state index contributed by atoms with van der Waals surface area (Å²) in [4.78, 5) is 14.1. The van der Waals surface area contributed by atoms with E-state index in [-0.39, 0.29) is 5.92 Å². The molecule has 0 heterocycles. The molecule has 0 aliphatic heterocycles. The van der Waals surface area contributed by atoms with Gasteiger partial charge in [-0.1, -0.05) is 69.2 Å². The van der Waals surface area contributed by atoms with E-state index < -0.39 is 11.6 Å². The highest BCUT2D eigenvalue weighted by atomic mass is 16.4. The molecule has 1 saturated carbocycles. The molecular formula is C22H31NO3. The SMILES string of the molecule is CCN(CC)CC#CCc1ccc([C@](O)(C(=O)O)C2CCCCC2)cc1. The molecule has 1 aromatic rings. The van der Waals surface area contributed by atoms with Gasteiger partial charge >= 0.3 is 5.97 Å². The number of rotatable bonds is 7. The summed E-state index contributed by atoms with van der Waals surface area (Å²) in [6.45, 7) is 7.01. The summed E-state index contributed by atoms with van der Waals surface area (Å²) in [6.07, 6.45) is 5.26. The highest BCUT2D eigenvalue weighted by Gasteiger charge is 2.45. The summed E-state index contributed by atoms with van der Waals surface area (Å²) >= 11 is 0. The van der Waals surface area contributed by atoms with Crippen molar-refractivity contribution in [3.05, 3.63) is 35.4 Å². The molecule has 0 saturated heterocycles. The molecule has 1 aliphatic carbocycles. The Morgan fingerprint density at radius 1 is 1.12 bits per heavy atom. The first-order valence-electron chi connectivity index (χ1n) is 9.75. The third kappa shape index (κ3) is 4.87. The van der Waals surface area contributed by atoms with Gasteiger partial charge in [0.25, 0.3) is 0 Å². The van der Waals surface area contributed by atoms with Crippen molar-refractivity contribution in [2.75, 3.05) is 19.6 Å². The molecule has 2 N–H and O–H groups in total. The fourth-order valence-corrected chi connectivity index (χ4v) is 3.71. The molecule has 1 atom stereocenters. The lowest BCUT2D eigenvalue weighted by Crippen LogP contribution is -2.43. The zero-order chi connectivity index (χ0) is 19.0. The lowest BCUT2D eigenvalue weighted by Gasteiger charge is -2.35. The monoisotopic (exact) mass is 357 g/mol. The van der Waals surface area contributed by atoms with Gasteiger partial charge in [0, 0.05) is 12.3 Å². The van der Waals surface area contributed by atoms with Crippen LogP contribution in [0.5, 0.6) is 0 Å². The van der Waals surface area contributed by atoms with Gasteiger partial charge in [-0.3, -0.25) is 4.90 Å². The number of hydrogen-bond donors (Lipinski definition) is 2. The topological polar surface area (TPSA) is 60.8 Å². The molecule has 4 heteroatoms. The van der Waals surface area contributed by atoms with Crippen LogP contribution >= 0.6 is 0 Å². The lowest BCUT2D eigenvalue weighted by molar-refractivity contribution is -0.168. The number of carboxylic acid groups (broad SMARTS) is 1. The van der Waals surface area contributed by atoms with Crippen LogP contribution in [-0.2, 0) is 16.8 Å². The van der Waals surface area contributed by atoms with Crippen LogP contribution in [0.2, 0.25) is 0 Å². The Morgan fingerprint density at radius 2 is 1.73 bits per heavy atom. The van der Waals surface area contributed by atoms with Crippen molar-refractivity contribution in [3.8, 4) is 11.8 Å². The molecule has 0 bridgehead atoms. The van der Waals surface area contributed by atoms with E-state index in [1.165, 1.54) is 0 Å². The smallest absolute Gasteiger partial charge is 0.340 e. The zero-order valence-electron chi connectivity index (χ0n) is 16.0. The molecule has 1 aromatic carbocycles. The van der Waals surface area contributed by atoms with E-state index in [1.54, 1.807) is 12.1 Å². The van der Waals surface area contributed by atoms with Crippen molar-refractivity contribution < 1.29 is 15.0 Å². The predicted octanol–water partition coefficient (Wildman–Crippen LogP) is 3.43. The van der Waals surface area contributed by atoms with Crippen LogP contribution in [0.4, 0.5) is 0 Å². The first kappa shape index (κ1) is 20.5.